The molecule has 110 valence electrons. The second-order valence-electron chi connectivity index (χ2n) is 5.45. The van der Waals surface area contributed by atoms with Crippen molar-refractivity contribution in [2.75, 3.05) is 19.6 Å². The van der Waals surface area contributed by atoms with Gasteiger partial charge in [0.2, 0.25) is 5.91 Å². The molecule has 3 N–H and O–H groups in total. The van der Waals surface area contributed by atoms with Crippen molar-refractivity contribution in [2.45, 2.75) is 25.4 Å². The highest BCUT2D eigenvalue weighted by Gasteiger charge is 2.25. The first-order chi connectivity index (χ1) is 9.56. The molecule has 1 aromatic carbocycles. The van der Waals surface area contributed by atoms with Crippen molar-refractivity contribution in [3.63, 3.8) is 0 Å². The number of amides is 1. The summed E-state index contributed by atoms with van der Waals surface area (Å²) in [7, 11) is 0. The third kappa shape index (κ3) is 4.02. The Morgan fingerprint density at radius 1 is 1.45 bits per heavy atom. The predicted molar refractivity (Wildman–Crippen MR) is 74.8 cm³/mol. The van der Waals surface area contributed by atoms with Gasteiger partial charge in [0.1, 0.15) is 5.82 Å². The van der Waals surface area contributed by atoms with Gasteiger partial charge >= 0.3 is 0 Å². The van der Waals surface area contributed by atoms with Crippen LogP contribution in [0.5, 0.6) is 0 Å². The summed E-state index contributed by atoms with van der Waals surface area (Å²) in [6, 6.07) is 6.23. The highest BCUT2D eigenvalue weighted by Crippen LogP contribution is 2.19. The fourth-order valence-corrected chi connectivity index (χ4v) is 2.43. The molecule has 1 aliphatic rings. The molecule has 0 saturated carbocycles. The third-order valence-corrected chi connectivity index (χ3v) is 3.80. The van der Waals surface area contributed by atoms with Gasteiger partial charge in [-0.1, -0.05) is 19.1 Å². The van der Waals surface area contributed by atoms with Crippen molar-refractivity contribution in [3.8, 4) is 0 Å². The molecule has 1 aliphatic heterocycles. The minimum absolute atomic E-state index is 0.0408. The quantitative estimate of drug-likeness (QED) is 0.754. The van der Waals surface area contributed by atoms with Crippen molar-refractivity contribution < 1.29 is 14.3 Å². The van der Waals surface area contributed by atoms with Crippen LogP contribution >= 0.6 is 0 Å². The van der Waals surface area contributed by atoms with Crippen LogP contribution in [0.15, 0.2) is 24.3 Å². The maximum atomic E-state index is 12.8. The van der Waals surface area contributed by atoms with Gasteiger partial charge in [-0.05, 0) is 23.6 Å². The first-order valence-corrected chi connectivity index (χ1v) is 6.97. The van der Waals surface area contributed by atoms with E-state index in [-0.39, 0.29) is 29.7 Å². The Hall–Kier alpha value is -1.46. The number of nitrogens with one attached hydrogen (secondary N) is 2. The van der Waals surface area contributed by atoms with Gasteiger partial charge in [-0.15, -0.1) is 0 Å². The van der Waals surface area contributed by atoms with Gasteiger partial charge in [0, 0.05) is 32.0 Å². The molecule has 3 atom stereocenters. The van der Waals surface area contributed by atoms with E-state index in [0.29, 0.717) is 19.5 Å². The minimum Gasteiger partial charge on any atom is -0.391 e. The van der Waals surface area contributed by atoms with Gasteiger partial charge in [-0.3, -0.25) is 4.79 Å². The van der Waals surface area contributed by atoms with Crippen LogP contribution in [0, 0.1) is 11.7 Å². The number of β-amino-alcohol motifs (C(OH)–C–C–N with tert-alkyl or cyclic N) is 1. The molecule has 1 aromatic rings. The molecule has 0 aliphatic carbocycles. The molecule has 0 radical (unpaired) electrons. The van der Waals surface area contributed by atoms with Gasteiger partial charge in [-0.2, -0.15) is 0 Å². The highest BCUT2D eigenvalue weighted by atomic mass is 19.1. The summed E-state index contributed by atoms with van der Waals surface area (Å²) in [6.45, 7) is 3.75. The molecule has 0 aromatic heterocycles. The first-order valence-electron chi connectivity index (χ1n) is 6.97. The maximum absolute atomic E-state index is 12.8. The lowest BCUT2D eigenvalue weighted by molar-refractivity contribution is -0.121. The molecular formula is C15H21FN2O2. The third-order valence-electron chi connectivity index (χ3n) is 3.80. The monoisotopic (exact) mass is 280 g/mol. The largest absolute Gasteiger partial charge is 0.391 e. The van der Waals surface area contributed by atoms with E-state index in [1.807, 2.05) is 6.92 Å². The highest BCUT2D eigenvalue weighted by molar-refractivity contribution is 5.76. The van der Waals surface area contributed by atoms with Crippen molar-refractivity contribution in [3.05, 3.63) is 35.6 Å². The average Bonchev–Trinajstić information content (AvgIpc) is 2.82. The Labute approximate surface area is 118 Å². The lowest BCUT2D eigenvalue weighted by atomic mass is 9.97. The van der Waals surface area contributed by atoms with Crippen LogP contribution in [0.25, 0.3) is 0 Å². The van der Waals surface area contributed by atoms with E-state index in [1.54, 1.807) is 12.1 Å². The van der Waals surface area contributed by atoms with E-state index >= 15 is 0 Å². The molecule has 0 spiro atoms. The standard InChI is InChI=1S/C15H21FN2O2/c1-10(11-2-4-13(16)5-3-11)6-15(20)18-8-12-7-17-9-14(12)19/h2-5,10,12,14,17,19H,6-9H2,1H3,(H,18,20). The fourth-order valence-electron chi connectivity index (χ4n) is 2.43. The molecule has 0 bridgehead atoms. The Bertz CT molecular complexity index is 450. The van der Waals surface area contributed by atoms with Crippen molar-refractivity contribution in [1.82, 2.24) is 10.6 Å². The van der Waals surface area contributed by atoms with E-state index in [9.17, 15) is 14.3 Å². The maximum Gasteiger partial charge on any atom is 0.220 e. The van der Waals surface area contributed by atoms with E-state index in [4.69, 9.17) is 0 Å². The zero-order valence-electron chi connectivity index (χ0n) is 11.6. The second kappa shape index (κ2) is 6.81. The zero-order chi connectivity index (χ0) is 14.5. The van der Waals surface area contributed by atoms with Gasteiger partial charge < -0.3 is 15.7 Å². The number of benzene rings is 1. The lowest BCUT2D eigenvalue weighted by Gasteiger charge is -2.16. The molecule has 1 heterocycles. The van der Waals surface area contributed by atoms with Gasteiger partial charge in [0.25, 0.3) is 0 Å². The van der Waals surface area contributed by atoms with Crippen LogP contribution in [-0.4, -0.2) is 36.8 Å². The summed E-state index contributed by atoms with van der Waals surface area (Å²) in [5.41, 5.74) is 0.948. The van der Waals surface area contributed by atoms with Crippen LogP contribution < -0.4 is 10.6 Å². The summed E-state index contributed by atoms with van der Waals surface area (Å²) in [4.78, 5) is 11.9. The van der Waals surface area contributed by atoms with Crippen molar-refractivity contribution in [1.29, 1.82) is 0 Å². The number of aliphatic hydroxyl groups excluding tert-OH is 1. The molecule has 4 nitrogen and oxygen atoms in total. The van der Waals surface area contributed by atoms with E-state index in [1.165, 1.54) is 12.1 Å². The predicted octanol–water partition coefficient (Wildman–Crippen LogP) is 1.02. The van der Waals surface area contributed by atoms with Crippen LogP contribution in [0.2, 0.25) is 0 Å². The number of halogens is 1. The average molecular weight is 280 g/mol. The summed E-state index contributed by atoms with van der Waals surface area (Å²) >= 11 is 0. The first kappa shape index (κ1) is 14.9. The number of rotatable bonds is 5. The van der Waals surface area contributed by atoms with Gasteiger partial charge in [0.15, 0.2) is 0 Å². The SMILES string of the molecule is CC(CC(=O)NCC1CNCC1O)c1ccc(F)cc1. The van der Waals surface area contributed by atoms with E-state index in [0.717, 1.165) is 12.1 Å². The van der Waals surface area contributed by atoms with E-state index in [2.05, 4.69) is 10.6 Å². The van der Waals surface area contributed by atoms with Crippen LogP contribution in [0.4, 0.5) is 4.39 Å². The smallest absolute Gasteiger partial charge is 0.220 e. The number of hydrogen-bond donors (Lipinski definition) is 3. The summed E-state index contributed by atoms with van der Waals surface area (Å²) in [5.74, 6) is -0.184. The Morgan fingerprint density at radius 2 is 2.15 bits per heavy atom. The Kier molecular flexibility index (Phi) is 5.09. The lowest BCUT2D eigenvalue weighted by Crippen LogP contribution is -2.34. The molecular weight excluding hydrogens is 259 g/mol. The van der Waals surface area contributed by atoms with Gasteiger partial charge in [-0.25, -0.2) is 4.39 Å². The minimum atomic E-state index is -0.384. The van der Waals surface area contributed by atoms with Crippen LogP contribution in [0.3, 0.4) is 0 Å². The Balaban J connectivity index is 1.77. The van der Waals surface area contributed by atoms with Crippen LogP contribution in [0.1, 0.15) is 24.8 Å². The zero-order valence-corrected chi connectivity index (χ0v) is 11.6. The Morgan fingerprint density at radius 3 is 2.75 bits per heavy atom. The fraction of sp³-hybridized carbons (Fsp3) is 0.533. The molecule has 1 saturated heterocycles. The second-order valence-corrected chi connectivity index (χ2v) is 5.45. The summed E-state index contributed by atoms with van der Waals surface area (Å²) < 4.78 is 12.8. The topological polar surface area (TPSA) is 61.4 Å². The number of aliphatic hydroxyl groups is 1. The van der Waals surface area contributed by atoms with E-state index < -0.39 is 0 Å². The number of hydrogen-bond acceptors (Lipinski definition) is 3. The van der Waals surface area contributed by atoms with Crippen LogP contribution in [-0.2, 0) is 4.79 Å². The molecule has 1 amide bonds. The molecule has 2 rings (SSSR count). The van der Waals surface area contributed by atoms with Crippen molar-refractivity contribution >= 4 is 5.91 Å². The normalized spacial score (nSPS) is 23.6. The van der Waals surface area contributed by atoms with Gasteiger partial charge in [0.05, 0.1) is 6.10 Å². The van der Waals surface area contributed by atoms with Crippen molar-refractivity contribution in [2.24, 2.45) is 5.92 Å². The molecule has 5 heteroatoms. The number of carbonyl (C=O) groups excluding carboxylic acids is 1. The number of carbonyl (C=O) groups is 1. The molecule has 1 fully saturated rings. The summed E-state index contributed by atoms with van der Waals surface area (Å²) in [6.07, 6.45) is -0.0215. The molecule has 20 heavy (non-hydrogen) atoms. The molecule has 3 unspecified atom stereocenters. The summed E-state index contributed by atoms with van der Waals surface area (Å²) in [5, 5.41) is 15.6.